The number of rotatable bonds is 3. The van der Waals surface area contributed by atoms with Crippen LogP contribution < -0.4 is 11.2 Å². The first kappa shape index (κ1) is 14.6. The Labute approximate surface area is 134 Å². The molecular weight excluding hydrogens is 356 g/mol. The summed E-state index contributed by atoms with van der Waals surface area (Å²) < 4.78 is 2.23. The Kier molecular flexibility index (Phi) is 3.80. The quantitative estimate of drug-likeness (QED) is 0.841. The van der Waals surface area contributed by atoms with Crippen LogP contribution in [0.3, 0.4) is 0 Å². The van der Waals surface area contributed by atoms with Gasteiger partial charge >= 0.3 is 5.69 Å². The van der Waals surface area contributed by atoms with Crippen LogP contribution >= 0.6 is 27.5 Å². The van der Waals surface area contributed by atoms with Crippen LogP contribution in [0, 0.1) is 5.92 Å². The lowest BCUT2D eigenvalue weighted by Gasteiger charge is -2.09. The zero-order chi connectivity index (χ0) is 15.1. The Morgan fingerprint density at radius 1 is 1.33 bits per heavy atom. The van der Waals surface area contributed by atoms with Gasteiger partial charge < -0.3 is 0 Å². The highest BCUT2D eigenvalue weighted by Gasteiger charge is 2.39. The van der Waals surface area contributed by atoms with Crippen molar-refractivity contribution in [2.75, 3.05) is 0 Å². The van der Waals surface area contributed by atoms with Gasteiger partial charge in [0, 0.05) is 10.5 Å². The van der Waals surface area contributed by atoms with Crippen molar-refractivity contribution in [2.24, 2.45) is 5.92 Å². The summed E-state index contributed by atoms with van der Waals surface area (Å²) in [6.45, 7) is 2.06. The van der Waals surface area contributed by atoms with Crippen LogP contribution in [0.1, 0.15) is 25.8 Å². The lowest BCUT2D eigenvalue weighted by molar-refractivity contribution is 0.592. The highest BCUT2D eigenvalue weighted by atomic mass is 79.9. The molecule has 0 amide bonds. The minimum atomic E-state index is -0.424. The Hall–Kier alpha value is -1.33. The second kappa shape index (κ2) is 5.46. The first-order valence-corrected chi connectivity index (χ1v) is 8.00. The summed E-state index contributed by atoms with van der Waals surface area (Å²) >= 11 is 9.45. The van der Waals surface area contributed by atoms with E-state index in [-0.39, 0.29) is 16.8 Å². The largest absolute Gasteiger partial charge is 0.329 e. The summed E-state index contributed by atoms with van der Waals surface area (Å²) in [4.78, 5) is 27.3. The number of aromatic amines is 1. The Morgan fingerprint density at radius 3 is 2.57 bits per heavy atom. The molecular formula is C15H14BrClN2O2. The van der Waals surface area contributed by atoms with Gasteiger partial charge in [-0.3, -0.25) is 14.3 Å². The van der Waals surface area contributed by atoms with E-state index in [1.165, 1.54) is 4.57 Å². The van der Waals surface area contributed by atoms with Gasteiger partial charge in [0.2, 0.25) is 0 Å². The minimum absolute atomic E-state index is 0.00212. The van der Waals surface area contributed by atoms with Crippen molar-refractivity contribution in [3.05, 3.63) is 54.7 Å². The number of hydrogen-bond acceptors (Lipinski definition) is 2. The lowest BCUT2D eigenvalue weighted by atomic mass is 10.1. The Balaban J connectivity index is 2.18. The van der Waals surface area contributed by atoms with Gasteiger partial charge in [-0.25, -0.2) is 4.79 Å². The van der Waals surface area contributed by atoms with E-state index in [0.717, 1.165) is 17.3 Å². The number of nitrogens with one attached hydrogen (secondary N) is 1. The smallest absolute Gasteiger partial charge is 0.297 e. The van der Waals surface area contributed by atoms with E-state index in [4.69, 9.17) is 11.6 Å². The molecule has 1 aromatic carbocycles. The molecule has 1 N–H and O–H groups in total. The molecule has 0 spiro atoms. The monoisotopic (exact) mass is 368 g/mol. The van der Waals surface area contributed by atoms with Gasteiger partial charge in [-0.1, -0.05) is 53.0 Å². The van der Waals surface area contributed by atoms with Crippen LogP contribution in [0.2, 0.25) is 5.15 Å². The van der Waals surface area contributed by atoms with Gasteiger partial charge in [0.1, 0.15) is 5.15 Å². The highest BCUT2D eigenvalue weighted by molar-refractivity contribution is 9.10. The van der Waals surface area contributed by atoms with Gasteiger partial charge in [-0.15, -0.1) is 0 Å². The molecule has 1 saturated carbocycles. The van der Waals surface area contributed by atoms with Crippen LogP contribution in [0.5, 0.6) is 0 Å². The van der Waals surface area contributed by atoms with Crippen LogP contribution in [0.25, 0.3) is 11.1 Å². The fraction of sp³-hybridized carbons (Fsp3) is 0.333. The van der Waals surface area contributed by atoms with E-state index in [1.807, 2.05) is 12.1 Å². The molecule has 1 aromatic heterocycles. The van der Waals surface area contributed by atoms with Crippen molar-refractivity contribution < 1.29 is 0 Å². The summed E-state index contributed by atoms with van der Waals surface area (Å²) in [5.41, 5.74) is 0.316. The molecule has 2 atom stereocenters. The molecule has 1 heterocycles. The zero-order valence-electron chi connectivity index (χ0n) is 11.4. The van der Waals surface area contributed by atoms with E-state index in [1.54, 1.807) is 12.1 Å². The van der Waals surface area contributed by atoms with Crippen molar-refractivity contribution in [3.8, 4) is 11.1 Å². The molecule has 21 heavy (non-hydrogen) atoms. The van der Waals surface area contributed by atoms with Gasteiger partial charge in [-0.05, 0) is 30.0 Å². The summed E-state index contributed by atoms with van der Waals surface area (Å²) in [5.74, 6) is 0.405. The van der Waals surface area contributed by atoms with E-state index in [9.17, 15) is 9.59 Å². The molecule has 110 valence electrons. The summed E-state index contributed by atoms with van der Waals surface area (Å²) in [6, 6.07) is 7.29. The molecule has 1 fully saturated rings. The van der Waals surface area contributed by atoms with Crippen LogP contribution in [-0.2, 0) is 0 Å². The number of H-pyrrole nitrogens is 1. The van der Waals surface area contributed by atoms with E-state index in [0.29, 0.717) is 17.0 Å². The van der Waals surface area contributed by atoms with Crippen molar-refractivity contribution in [3.63, 3.8) is 0 Å². The van der Waals surface area contributed by atoms with Gasteiger partial charge in [0.15, 0.2) is 0 Å². The van der Waals surface area contributed by atoms with Crippen molar-refractivity contribution in [1.82, 2.24) is 9.55 Å². The van der Waals surface area contributed by atoms with Crippen molar-refractivity contribution >= 4 is 27.5 Å². The number of aromatic nitrogens is 2. The third-order valence-electron chi connectivity index (χ3n) is 3.96. The van der Waals surface area contributed by atoms with Crippen LogP contribution in [-0.4, -0.2) is 9.55 Å². The normalized spacial score (nSPS) is 20.5. The zero-order valence-corrected chi connectivity index (χ0v) is 13.7. The molecule has 4 nitrogen and oxygen atoms in total. The average molecular weight is 370 g/mol. The molecule has 2 aromatic rings. The van der Waals surface area contributed by atoms with Gasteiger partial charge in [0.25, 0.3) is 5.56 Å². The number of hydrogen-bond donors (Lipinski definition) is 1. The maximum atomic E-state index is 12.7. The first-order chi connectivity index (χ1) is 10.0. The van der Waals surface area contributed by atoms with E-state index in [2.05, 4.69) is 27.8 Å². The van der Waals surface area contributed by atoms with Crippen LogP contribution in [0.4, 0.5) is 0 Å². The fourth-order valence-electron chi connectivity index (χ4n) is 2.68. The Bertz CT molecular complexity index is 795. The fourth-order valence-corrected chi connectivity index (χ4v) is 3.21. The predicted octanol–water partition coefficient (Wildman–Crippen LogP) is 3.59. The second-order valence-corrected chi connectivity index (χ2v) is 6.57. The molecule has 0 bridgehead atoms. The summed E-state index contributed by atoms with van der Waals surface area (Å²) in [6.07, 6.45) is 1.84. The lowest BCUT2D eigenvalue weighted by Crippen LogP contribution is -2.36. The van der Waals surface area contributed by atoms with Crippen LogP contribution in [0.15, 0.2) is 38.3 Å². The van der Waals surface area contributed by atoms with Gasteiger partial charge in [0.05, 0.1) is 5.56 Å². The Morgan fingerprint density at radius 2 is 2.00 bits per heavy atom. The van der Waals surface area contributed by atoms with E-state index >= 15 is 0 Å². The standard InChI is InChI=1S/C15H14BrClN2O2/c1-2-8-7-11(8)19-14(20)12(13(17)18-15(19)21)9-3-5-10(16)6-4-9/h3-6,8,11H,2,7H2,1H3,(H,18,21). The SMILES string of the molecule is CCC1CC1n1c(=O)[nH]c(Cl)c(-c2ccc(Br)cc2)c1=O. The van der Waals surface area contributed by atoms with Gasteiger partial charge in [-0.2, -0.15) is 0 Å². The van der Waals surface area contributed by atoms with E-state index < -0.39 is 5.69 Å². The second-order valence-electron chi connectivity index (χ2n) is 5.27. The number of halogens is 2. The molecule has 0 radical (unpaired) electrons. The van der Waals surface area contributed by atoms with Crippen molar-refractivity contribution in [1.29, 1.82) is 0 Å². The maximum Gasteiger partial charge on any atom is 0.329 e. The summed E-state index contributed by atoms with van der Waals surface area (Å²) in [7, 11) is 0. The average Bonchev–Trinajstić information content (AvgIpc) is 3.19. The molecule has 6 heteroatoms. The number of nitrogens with zero attached hydrogens (tertiary/aromatic N) is 1. The minimum Gasteiger partial charge on any atom is -0.297 e. The molecule has 1 aliphatic rings. The molecule has 0 saturated heterocycles. The molecule has 2 unspecified atom stereocenters. The predicted molar refractivity (Wildman–Crippen MR) is 86.9 cm³/mol. The topological polar surface area (TPSA) is 54.9 Å². The van der Waals surface area contributed by atoms with Crippen molar-refractivity contribution in [2.45, 2.75) is 25.8 Å². The molecule has 0 aliphatic heterocycles. The third-order valence-corrected chi connectivity index (χ3v) is 4.77. The highest BCUT2D eigenvalue weighted by Crippen LogP contribution is 2.44. The molecule has 3 rings (SSSR count). The molecule has 1 aliphatic carbocycles. The summed E-state index contributed by atoms with van der Waals surface area (Å²) in [5, 5.41) is 0.0947. The first-order valence-electron chi connectivity index (χ1n) is 6.83. The number of benzene rings is 1. The maximum absolute atomic E-state index is 12.7. The third kappa shape index (κ3) is 2.60.